The second-order valence-corrected chi connectivity index (χ2v) is 5.41. The molecule has 21 heavy (non-hydrogen) atoms. The van der Waals surface area contributed by atoms with Crippen molar-refractivity contribution < 1.29 is 9.90 Å². The normalized spacial score (nSPS) is 11.1. The number of aliphatic hydroxyl groups is 1. The standard InChI is InChI=1S/C17H34N2O2/c1-2-3-4-9-12-17(21)19-15-14-18-13-10-7-5-6-8-11-16-20/h2-3,18,20H,4-16H2,1H3,(H,19,21)/b3-2+. The zero-order valence-corrected chi connectivity index (χ0v) is 13.7. The maximum absolute atomic E-state index is 11.5. The average molecular weight is 298 g/mol. The fourth-order valence-corrected chi connectivity index (χ4v) is 2.12. The van der Waals surface area contributed by atoms with Crippen LogP contribution in [0.25, 0.3) is 0 Å². The molecule has 1 amide bonds. The number of carbonyl (C=O) groups is 1. The molecule has 0 unspecified atom stereocenters. The predicted octanol–water partition coefficient (Wildman–Crippen LogP) is 2.77. The topological polar surface area (TPSA) is 61.4 Å². The number of nitrogens with one attached hydrogen (secondary N) is 2. The first-order chi connectivity index (χ1) is 10.3. The van der Waals surface area contributed by atoms with Gasteiger partial charge in [-0.1, -0.05) is 37.8 Å². The van der Waals surface area contributed by atoms with E-state index in [1.165, 1.54) is 25.7 Å². The van der Waals surface area contributed by atoms with Crippen LogP contribution in [0.5, 0.6) is 0 Å². The summed E-state index contributed by atoms with van der Waals surface area (Å²) in [6, 6.07) is 0. The lowest BCUT2D eigenvalue weighted by atomic mass is 10.1. The second kappa shape index (κ2) is 17.2. The Kier molecular flexibility index (Phi) is 16.5. The van der Waals surface area contributed by atoms with Crippen LogP contribution in [0.2, 0.25) is 0 Å². The monoisotopic (exact) mass is 298 g/mol. The van der Waals surface area contributed by atoms with E-state index in [0.717, 1.165) is 45.3 Å². The largest absolute Gasteiger partial charge is 0.396 e. The third-order valence-electron chi connectivity index (χ3n) is 3.40. The molecule has 0 aromatic heterocycles. The van der Waals surface area contributed by atoms with Gasteiger partial charge in [0.1, 0.15) is 0 Å². The highest BCUT2D eigenvalue weighted by atomic mass is 16.2. The maximum Gasteiger partial charge on any atom is 0.220 e. The summed E-state index contributed by atoms with van der Waals surface area (Å²) in [5.41, 5.74) is 0. The highest BCUT2D eigenvalue weighted by Gasteiger charge is 1.98. The summed E-state index contributed by atoms with van der Waals surface area (Å²) < 4.78 is 0. The van der Waals surface area contributed by atoms with Gasteiger partial charge in [0.25, 0.3) is 0 Å². The van der Waals surface area contributed by atoms with Crippen molar-refractivity contribution in [3.63, 3.8) is 0 Å². The average Bonchev–Trinajstić information content (AvgIpc) is 2.49. The molecule has 0 saturated carbocycles. The van der Waals surface area contributed by atoms with Crippen LogP contribution in [0, 0.1) is 0 Å². The highest BCUT2D eigenvalue weighted by molar-refractivity contribution is 5.75. The van der Waals surface area contributed by atoms with Gasteiger partial charge in [0.2, 0.25) is 5.91 Å². The van der Waals surface area contributed by atoms with E-state index in [-0.39, 0.29) is 5.91 Å². The van der Waals surface area contributed by atoms with Gasteiger partial charge in [0.05, 0.1) is 0 Å². The van der Waals surface area contributed by atoms with Crippen molar-refractivity contribution in [1.82, 2.24) is 10.6 Å². The summed E-state index contributed by atoms with van der Waals surface area (Å²) in [4.78, 5) is 11.5. The number of carbonyl (C=O) groups excluding carboxylic acids is 1. The molecule has 0 atom stereocenters. The third-order valence-corrected chi connectivity index (χ3v) is 3.40. The summed E-state index contributed by atoms with van der Waals surface area (Å²) in [5, 5.41) is 14.9. The van der Waals surface area contributed by atoms with Crippen LogP contribution in [0.15, 0.2) is 12.2 Å². The van der Waals surface area contributed by atoms with E-state index < -0.39 is 0 Å². The minimum Gasteiger partial charge on any atom is -0.396 e. The van der Waals surface area contributed by atoms with Gasteiger partial charge in [-0.25, -0.2) is 0 Å². The summed E-state index contributed by atoms with van der Waals surface area (Å²) in [7, 11) is 0. The molecular weight excluding hydrogens is 264 g/mol. The molecule has 0 saturated heterocycles. The molecule has 0 spiro atoms. The van der Waals surface area contributed by atoms with Gasteiger partial charge in [-0.15, -0.1) is 0 Å². The van der Waals surface area contributed by atoms with Crippen molar-refractivity contribution in [3.05, 3.63) is 12.2 Å². The molecule has 124 valence electrons. The van der Waals surface area contributed by atoms with Crippen LogP contribution in [0.4, 0.5) is 0 Å². The van der Waals surface area contributed by atoms with E-state index in [0.29, 0.717) is 13.0 Å². The van der Waals surface area contributed by atoms with Crippen LogP contribution in [-0.4, -0.2) is 37.3 Å². The number of allylic oxidation sites excluding steroid dienone is 2. The Labute approximate surface area is 130 Å². The highest BCUT2D eigenvalue weighted by Crippen LogP contribution is 2.04. The summed E-state index contributed by atoms with van der Waals surface area (Å²) >= 11 is 0. The lowest BCUT2D eigenvalue weighted by molar-refractivity contribution is -0.121. The van der Waals surface area contributed by atoms with E-state index >= 15 is 0 Å². The Morgan fingerprint density at radius 1 is 0.952 bits per heavy atom. The van der Waals surface area contributed by atoms with Gasteiger partial charge >= 0.3 is 0 Å². The predicted molar refractivity (Wildman–Crippen MR) is 89.3 cm³/mol. The number of aliphatic hydroxyl groups excluding tert-OH is 1. The summed E-state index contributed by atoms with van der Waals surface area (Å²) in [6.45, 7) is 4.92. The van der Waals surface area contributed by atoms with Crippen molar-refractivity contribution >= 4 is 5.91 Å². The fourth-order valence-electron chi connectivity index (χ4n) is 2.12. The fraction of sp³-hybridized carbons (Fsp3) is 0.824. The maximum atomic E-state index is 11.5. The van der Waals surface area contributed by atoms with Gasteiger partial charge in [-0.2, -0.15) is 0 Å². The minimum absolute atomic E-state index is 0.158. The van der Waals surface area contributed by atoms with Gasteiger partial charge in [0.15, 0.2) is 0 Å². The Morgan fingerprint density at radius 2 is 1.67 bits per heavy atom. The molecule has 0 radical (unpaired) electrons. The second-order valence-electron chi connectivity index (χ2n) is 5.41. The quantitative estimate of drug-likeness (QED) is 0.322. The molecule has 0 fully saturated rings. The molecular formula is C17H34N2O2. The van der Waals surface area contributed by atoms with Crippen LogP contribution < -0.4 is 10.6 Å². The van der Waals surface area contributed by atoms with E-state index in [1.54, 1.807) is 0 Å². The number of rotatable bonds is 15. The lowest BCUT2D eigenvalue weighted by Crippen LogP contribution is -2.32. The van der Waals surface area contributed by atoms with Crippen molar-refractivity contribution in [2.45, 2.75) is 64.7 Å². The number of hydrogen-bond donors (Lipinski definition) is 3. The van der Waals surface area contributed by atoms with E-state index in [4.69, 9.17) is 5.11 Å². The molecule has 0 aliphatic rings. The van der Waals surface area contributed by atoms with Crippen LogP contribution >= 0.6 is 0 Å². The van der Waals surface area contributed by atoms with Crippen molar-refractivity contribution in [3.8, 4) is 0 Å². The van der Waals surface area contributed by atoms with Crippen molar-refractivity contribution in [1.29, 1.82) is 0 Å². The smallest absolute Gasteiger partial charge is 0.220 e. The van der Waals surface area contributed by atoms with E-state index in [2.05, 4.69) is 16.7 Å². The molecule has 0 aromatic carbocycles. The van der Waals surface area contributed by atoms with Gasteiger partial charge in [-0.05, 0) is 39.2 Å². The van der Waals surface area contributed by atoms with Crippen LogP contribution in [0.3, 0.4) is 0 Å². The van der Waals surface area contributed by atoms with Gasteiger partial charge < -0.3 is 15.7 Å². The first-order valence-electron chi connectivity index (χ1n) is 8.50. The van der Waals surface area contributed by atoms with Crippen molar-refractivity contribution in [2.24, 2.45) is 0 Å². The molecule has 0 aliphatic carbocycles. The van der Waals surface area contributed by atoms with Crippen LogP contribution in [-0.2, 0) is 4.79 Å². The van der Waals surface area contributed by atoms with Gasteiger partial charge in [-0.3, -0.25) is 4.79 Å². The van der Waals surface area contributed by atoms with Crippen molar-refractivity contribution in [2.75, 3.05) is 26.2 Å². The summed E-state index contributed by atoms with van der Waals surface area (Å²) in [5.74, 6) is 0.158. The molecule has 0 bridgehead atoms. The molecule has 4 heteroatoms. The molecule has 4 nitrogen and oxygen atoms in total. The third kappa shape index (κ3) is 17.1. The molecule has 0 aliphatic heterocycles. The SMILES string of the molecule is C/C=C/CCCC(=O)NCCNCCCCCCCCO. The first-order valence-corrected chi connectivity index (χ1v) is 8.50. The number of amides is 1. The van der Waals surface area contributed by atoms with Gasteiger partial charge in [0, 0.05) is 26.1 Å². The number of hydrogen-bond acceptors (Lipinski definition) is 3. The molecule has 0 rings (SSSR count). The Bertz CT molecular complexity index is 255. The number of unbranched alkanes of at least 4 members (excludes halogenated alkanes) is 6. The zero-order valence-electron chi connectivity index (χ0n) is 13.7. The molecule has 3 N–H and O–H groups in total. The van der Waals surface area contributed by atoms with E-state index in [1.807, 2.05) is 13.0 Å². The Morgan fingerprint density at radius 3 is 2.38 bits per heavy atom. The first kappa shape index (κ1) is 20.1. The molecule has 0 heterocycles. The van der Waals surface area contributed by atoms with Crippen LogP contribution in [0.1, 0.15) is 64.7 Å². The lowest BCUT2D eigenvalue weighted by Gasteiger charge is -2.06. The zero-order chi connectivity index (χ0) is 15.6. The summed E-state index contributed by atoms with van der Waals surface area (Å²) in [6.07, 6.45) is 13.7. The Hall–Kier alpha value is -0.870. The van der Waals surface area contributed by atoms with E-state index in [9.17, 15) is 4.79 Å². The molecule has 0 aromatic rings. The minimum atomic E-state index is 0.158. The Balaban J connectivity index is 3.12.